The van der Waals surface area contributed by atoms with Gasteiger partial charge in [0.15, 0.2) is 9.84 Å². The Morgan fingerprint density at radius 3 is 1.89 bits per heavy atom. The molecule has 0 saturated heterocycles. The van der Waals surface area contributed by atoms with Crippen LogP contribution in [0, 0.1) is 11.8 Å². The third-order valence-corrected chi connectivity index (χ3v) is 8.36. The van der Waals surface area contributed by atoms with E-state index in [1.165, 1.54) is 0 Å². The molecule has 28 heavy (non-hydrogen) atoms. The Kier molecular flexibility index (Phi) is 4.17. The number of benzene rings is 2. The van der Waals surface area contributed by atoms with Gasteiger partial charge in [-0.05, 0) is 48.6 Å². The molecule has 2 nitrogen and oxygen atoms in total. The van der Waals surface area contributed by atoms with Gasteiger partial charge < -0.3 is 0 Å². The molecule has 0 unspecified atom stereocenters. The van der Waals surface area contributed by atoms with Crippen LogP contribution in [-0.2, 0) is 9.84 Å². The molecule has 0 spiro atoms. The second-order valence-corrected chi connectivity index (χ2v) is 11.1. The van der Waals surface area contributed by atoms with E-state index in [4.69, 9.17) is 0 Å². The second-order valence-electron chi connectivity index (χ2n) is 8.41. The molecule has 0 radical (unpaired) electrons. The van der Waals surface area contributed by atoms with Gasteiger partial charge in [0.05, 0.1) is 11.3 Å². The Morgan fingerprint density at radius 1 is 0.929 bits per heavy atom. The van der Waals surface area contributed by atoms with Crippen molar-refractivity contribution in [2.75, 3.05) is 0 Å². The lowest BCUT2D eigenvalue weighted by molar-refractivity contribution is 0.544. The molecular formula is C25H26O2S. The van der Waals surface area contributed by atoms with Crippen molar-refractivity contribution in [3.05, 3.63) is 102 Å². The van der Waals surface area contributed by atoms with Crippen LogP contribution in [0.4, 0.5) is 0 Å². The van der Waals surface area contributed by atoms with Crippen molar-refractivity contribution >= 4 is 15.4 Å². The zero-order chi connectivity index (χ0) is 21.0. The molecule has 3 heteroatoms. The molecule has 1 saturated carbocycles. The third-order valence-electron chi connectivity index (χ3n) is 5.65. The van der Waals surface area contributed by atoms with Crippen molar-refractivity contribution in [3.8, 4) is 0 Å². The first kappa shape index (κ1) is 17.7. The highest BCUT2D eigenvalue weighted by Crippen LogP contribution is 2.54. The van der Waals surface area contributed by atoms with Crippen LogP contribution in [-0.4, -0.2) is 18.4 Å². The Balaban J connectivity index is 2.02. The summed E-state index contributed by atoms with van der Waals surface area (Å²) in [4.78, 5) is 0. The van der Waals surface area contributed by atoms with E-state index in [9.17, 15) is 9.79 Å². The van der Waals surface area contributed by atoms with E-state index in [2.05, 4.69) is 6.58 Å². The van der Waals surface area contributed by atoms with Gasteiger partial charge >= 0.3 is 0 Å². The SMILES string of the molecule is [2H][C@]1(S(=O)(=O)C(C)(C)C)C(=C)[C@H]2C=C[C@@H]1C2=C(c1ccccc1)c1ccccc1. The number of fused-ring (bicyclic) bond motifs is 2. The van der Waals surface area contributed by atoms with Gasteiger partial charge in [0.2, 0.25) is 0 Å². The Hall–Kier alpha value is -2.39. The summed E-state index contributed by atoms with van der Waals surface area (Å²) in [6.45, 7) is 9.14. The predicted molar refractivity (Wildman–Crippen MR) is 117 cm³/mol. The molecule has 2 bridgehead atoms. The quantitative estimate of drug-likeness (QED) is 0.653. The van der Waals surface area contributed by atoms with E-state index in [-0.39, 0.29) is 5.92 Å². The van der Waals surface area contributed by atoms with Gasteiger partial charge in [-0.1, -0.05) is 79.4 Å². The molecular weight excluding hydrogens is 364 g/mol. The van der Waals surface area contributed by atoms with Crippen LogP contribution in [0.5, 0.6) is 0 Å². The molecule has 0 N–H and O–H groups in total. The summed E-state index contributed by atoms with van der Waals surface area (Å²) in [6, 6.07) is 20.0. The molecule has 0 amide bonds. The predicted octanol–water partition coefficient (Wildman–Crippen LogP) is 5.44. The molecule has 0 aliphatic heterocycles. The molecule has 0 heterocycles. The maximum atomic E-state index is 13.5. The Labute approximate surface area is 169 Å². The van der Waals surface area contributed by atoms with Crippen LogP contribution in [0.1, 0.15) is 33.3 Å². The molecule has 2 aliphatic rings. The first-order valence-corrected chi connectivity index (χ1v) is 11.1. The number of rotatable bonds is 3. The van der Waals surface area contributed by atoms with Crippen LogP contribution < -0.4 is 0 Å². The standard InChI is InChI=1S/C25H26O2S/c1-17-20-15-16-21(24(17)28(26,27)25(2,3)4)23(20)22(18-11-7-5-8-12-18)19-13-9-6-10-14-19/h5-16,20-21,24H,1H2,2-4H3/t20-,21-,24+/m1/s1/i24D. The highest BCUT2D eigenvalue weighted by Gasteiger charge is 2.53. The minimum atomic E-state index is -3.80. The van der Waals surface area contributed by atoms with Gasteiger partial charge in [0.1, 0.15) is 0 Å². The monoisotopic (exact) mass is 391 g/mol. The minimum Gasteiger partial charge on any atom is -0.228 e. The Bertz CT molecular complexity index is 1080. The van der Waals surface area contributed by atoms with Crippen LogP contribution in [0.25, 0.3) is 5.57 Å². The fraction of sp³-hybridized carbons (Fsp3) is 0.280. The summed E-state index contributed by atoms with van der Waals surface area (Å²) < 4.78 is 35.2. The van der Waals surface area contributed by atoms with Gasteiger partial charge in [-0.15, -0.1) is 0 Å². The third kappa shape index (κ3) is 2.80. The van der Waals surface area contributed by atoms with Crippen molar-refractivity contribution < 1.29 is 9.79 Å². The number of hydrogen-bond acceptors (Lipinski definition) is 2. The summed E-state index contributed by atoms with van der Waals surface area (Å²) in [6.07, 6.45) is 3.91. The number of allylic oxidation sites excluding steroid dienone is 3. The van der Waals surface area contributed by atoms with Crippen molar-refractivity contribution in [1.82, 2.24) is 0 Å². The largest absolute Gasteiger partial charge is 0.228 e. The van der Waals surface area contributed by atoms with Crippen LogP contribution in [0.3, 0.4) is 0 Å². The van der Waals surface area contributed by atoms with Crippen molar-refractivity contribution in [1.29, 1.82) is 0 Å². The van der Waals surface area contributed by atoms with Crippen molar-refractivity contribution in [2.45, 2.75) is 30.7 Å². The van der Waals surface area contributed by atoms with Gasteiger partial charge in [0.25, 0.3) is 0 Å². The first-order valence-electron chi connectivity index (χ1n) is 10.1. The maximum Gasteiger partial charge on any atom is 0.162 e. The normalized spacial score (nSPS) is 27.2. The summed E-state index contributed by atoms with van der Waals surface area (Å²) >= 11 is 0. The van der Waals surface area contributed by atoms with E-state index in [1.54, 1.807) is 20.8 Å². The van der Waals surface area contributed by atoms with Gasteiger partial charge in [-0.2, -0.15) is 0 Å². The maximum absolute atomic E-state index is 13.5. The molecule has 1 fully saturated rings. The van der Waals surface area contributed by atoms with E-state index >= 15 is 0 Å². The summed E-state index contributed by atoms with van der Waals surface area (Å²) in [5.74, 6) is -0.787. The average Bonchev–Trinajstić information content (AvgIpc) is 3.20. The van der Waals surface area contributed by atoms with E-state index in [0.717, 1.165) is 22.3 Å². The first-order chi connectivity index (χ1) is 13.6. The lowest BCUT2D eigenvalue weighted by Crippen LogP contribution is -2.40. The van der Waals surface area contributed by atoms with E-state index in [0.29, 0.717) is 5.57 Å². The fourth-order valence-corrected chi connectivity index (χ4v) is 5.87. The lowest BCUT2D eigenvalue weighted by Gasteiger charge is -2.29. The topological polar surface area (TPSA) is 34.1 Å². The zero-order valence-electron chi connectivity index (χ0n) is 17.5. The van der Waals surface area contributed by atoms with Crippen molar-refractivity contribution in [3.63, 3.8) is 0 Å². The van der Waals surface area contributed by atoms with E-state index < -0.39 is 25.7 Å². The van der Waals surface area contributed by atoms with Crippen LogP contribution >= 0.6 is 0 Å². The molecule has 2 aromatic carbocycles. The lowest BCUT2D eigenvalue weighted by atomic mass is 9.87. The summed E-state index contributed by atoms with van der Waals surface area (Å²) in [7, 11) is -3.80. The van der Waals surface area contributed by atoms with Gasteiger partial charge in [0, 0.05) is 11.8 Å². The molecule has 4 rings (SSSR count). The zero-order valence-corrected chi connectivity index (χ0v) is 17.3. The molecule has 144 valence electrons. The average molecular weight is 392 g/mol. The van der Waals surface area contributed by atoms with Crippen LogP contribution in [0.2, 0.25) is 0 Å². The summed E-state index contributed by atoms with van der Waals surface area (Å²) in [5, 5.41) is -1.76. The molecule has 2 aromatic rings. The highest BCUT2D eigenvalue weighted by molar-refractivity contribution is 7.93. The summed E-state index contributed by atoms with van der Waals surface area (Å²) in [5.41, 5.74) is 4.48. The smallest absolute Gasteiger partial charge is 0.162 e. The van der Waals surface area contributed by atoms with Crippen molar-refractivity contribution in [2.24, 2.45) is 11.8 Å². The molecule has 2 aliphatic carbocycles. The molecule has 3 atom stereocenters. The number of sulfone groups is 1. The van der Waals surface area contributed by atoms with Crippen LogP contribution in [0.15, 0.2) is 90.5 Å². The Morgan fingerprint density at radius 2 is 1.43 bits per heavy atom. The minimum absolute atomic E-state index is 0.245. The fourth-order valence-electron chi connectivity index (χ4n) is 4.20. The number of hydrogen-bond donors (Lipinski definition) is 0. The second kappa shape index (κ2) is 6.59. The molecule has 0 aromatic heterocycles. The van der Waals surface area contributed by atoms with Gasteiger partial charge in [-0.25, -0.2) is 8.42 Å². The van der Waals surface area contributed by atoms with Gasteiger partial charge in [-0.3, -0.25) is 0 Å². The highest BCUT2D eigenvalue weighted by atomic mass is 32.2. The van der Waals surface area contributed by atoms with E-state index in [1.807, 2.05) is 72.8 Å².